The number of hydrogen-bond acceptors (Lipinski definition) is 3. The smallest absolute Gasteiger partial charge is 0.272 e. The van der Waals surface area contributed by atoms with Crippen molar-refractivity contribution in [2.75, 3.05) is 0 Å². The highest BCUT2D eigenvalue weighted by atomic mass is 32.2. The highest BCUT2D eigenvalue weighted by Crippen LogP contribution is 2.60. The second kappa shape index (κ2) is 5.56. The number of alkyl halides is 4. The molecule has 4 nitrogen and oxygen atoms in total. The quantitative estimate of drug-likeness (QED) is 0.583. The lowest BCUT2D eigenvalue weighted by molar-refractivity contribution is -0.179. The Morgan fingerprint density at radius 2 is 1.48 bits per heavy atom. The van der Waals surface area contributed by atoms with Crippen LogP contribution in [0.2, 0.25) is 0 Å². The van der Waals surface area contributed by atoms with Crippen LogP contribution in [0.5, 0.6) is 0 Å². The fraction of sp³-hybridized carbons (Fsp3) is 1.00. The van der Waals surface area contributed by atoms with Crippen LogP contribution < -0.4 is 0 Å². The van der Waals surface area contributed by atoms with E-state index < -0.39 is 51.6 Å². The average Bonchev–Trinajstić information content (AvgIpc) is 2.38. The number of aliphatic hydroxyl groups is 1. The number of hydrogen-bond donors (Lipinski definition) is 2. The molecule has 0 aromatic rings. The van der Waals surface area contributed by atoms with Gasteiger partial charge in [0, 0.05) is 5.92 Å². The molecule has 4 rings (SSSR count). The zero-order valence-electron chi connectivity index (χ0n) is 12.3. The van der Waals surface area contributed by atoms with Crippen molar-refractivity contribution in [1.82, 2.24) is 0 Å². The van der Waals surface area contributed by atoms with Gasteiger partial charge in [0.25, 0.3) is 16.5 Å². The molecule has 0 aromatic heterocycles. The third kappa shape index (κ3) is 2.89. The van der Waals surface area contributed by atoms with E-state index >= 15 is 0 Å². The number of halogens is 4. The summed E-state index contributed by atoms with van der Waals surface area (Å²) in [5.74, 6) is -1.28. The molecule has 0 saturated heterocycles. The zero-order chi connectivity index (χ0) is 17.2. The maximum atomic E-state index is 14.3. The van der Waals surface area contributed by atoms with Crippen LogP contribution in [0.3, 0.4) is 0 Å². The van der Waals surface area contributed by atoms with Gasteiger partial charge < -0.3 is 5.11 Å². The van der Waals surface area contributed by atoms with Gasteiger partial charge in [-0.1, -0.05) is 0 Å². The van der Waals surface area contributed by atoms with Crippen molar-refractivity contribution >= 4 is 10.1 Å². The monoisotopic (exact) mass is 360 g/mol. The maximum Gasteiger partial charge on any atom is 0.272 e. The van der Waals surface area contributed by atoms with Crippen molar-refractivity contribution in [3.63, 3.8) is 0 Å². The topological polar surface area (TPSA) is 74.6 Å². The highest BCUT2D eigenvalue weighted by molar-refractivity contribution is 7.86. The largest absolute Gasteiger partial charge is 0.390 e. The van der Waals surface area contributed by atoms with Crippen LogP contribution in [-0.4, -0.2) is 47.7 Å². The zero-order valence-corrected chi connectivity index (χ0v) is 13.1. The molecular weight excluding hydrogens is 340 g/mol. The van der Waals surface area contributed by atoms with E-state index in [-0.39, 0.29) is 24.7 Å². The molecule has 0 heterocycles. The van der Waals surface area contributed by atoms with Gasteiger partial charge in [0.05, 0.1) is 5.60 Å². The van der Waals surface area contributed by atoms with Crippen LogP contribution >= 0.6 is 0 Å². The van der Waals surface area contributed by atoms with Crippen molar-refractivity contribution < 1.29 is 35.6 Å². The van der Waals surface area contributed by atoms with Gasteiger partial charge in [-0.15, -0.1) is 0 Å². The molecule has 0 spiro atoms. The molecule has 4 bridgehead atoms. The van der Waals surface area contributed by atoms with Crippen LogP contribution in [0.4, 0.5) is 17.6 Å². The van der Waals surface area contributed by atoms with E-state index in [9.17, 15) is 35.6 Å². The first-order chi connectivity index (χ1) is 10.5. The lowest BCUT2D eigenvalue weighted by Crippen LogP contribution is -2.64. The summed E-state index contributed by atoms with van der Waals surface area (Å²) in [6, 6.07) is 0. The molecule has 0 aromatic carbocycles. The molecule has 4 fully saturated rings. The third-order valence-electron chi connectivity index (χ3n) is 5.91. The summed E-state index contributed by atoms with van der Waals surface area (Å²) < 4.78 is 85.4. The average molecular weight is 360 g/mol. The summed E-state index contributed by atoms with van der Waals surface area (Å²) in [6.07, 6.45) is -7.59. The molecule has 0 amide bonds. The molecule has 4 aliphatic carbocycles. The lowest BCUT2D eigenvalue weighted by atomic mass is 9.49. The second-order valence-electron chi connectivity index (χ2n) is 7.44. The highest BCUT2D eigenvalue weighted by Gasteiger charge is 2.63. The fourth-order valence-electron chi connectivity index (χ4n) is 5.48. The van der Waals surface area contributed by atoms with Gasteiger partial charge in [-0.3, -0.25) is 4.55 Å². The molecule has 6 unspecified atom stereocenters. The van der Waals surface area contributed by atoms with Crippen molar-refractivity contribution in [3.05, 3.63) is 0 Å². The summed E-state index contributed by atoms with van der Waals surface area (Å²) in [5, 5.41) is 8.45. The van der Waals surface area contributed by atoms with Crippen molar-refractivity contribution in [2.24, 2.45) is 23.7 Å². The molecular formula is C14H20F4O4S. The summed E-state index contributed by atoms with van der Waals surface area (Å²) in [4.78, 5) is 0. The van der Waals surface area contributed by atoms with E-state index in [1.54, 1.807) is 0 Å². The molecule has 4 aliphatic rings. The molecule has 0 radical (unpaired) electrons. The van der Waals surface area contributed by atoms with Crippen LogP contribution in [0.25, 0.3) is 0 Å². The van der Waals surface area contributed by atoms with Crippen molar-refractivity contribution in [2.45, 2.75) is 61.7 Å². The predicted molar refractivity (Wildman–Crippen MR) is 73.1 cm³/mol. The minimum Gasteiger partial charge on any atom is -0.390 e. The summed E-state index contributed by atoms with van der Waals surface area (Å²) >= 11 is 0. The Kier molecular flexibility index (Phi) is 4.21. The van der Waals surface area contributed by atoms with Gasteiger partial charge >= 0.3 is 0 Å². The van der Waals surface area contributed by atoms with Gasteiger partial charge in [0.2, 0.25) is 0 Å². The Balaban J connectivity index is 1.97. The van der Waals surface area contributed by atoms with Gasteiger partial charge in [0.15, 0.2) is 12.3 Å². The molecule has 4 saturated carbocycles. The standard InChI is InChI=1S/C14H20F4O4S/c15-10(11(16)13(17)18)12(23(20,21)22)9-8-2-6-1-7(3-8)5-14(9,19)4-6/h6-13,19H,1-5H2,(H,20,21,22). The van der Waals surface area contributed by atoms with E-state index in [0.29, 0.717) is 12.8 Å². The van der Waals surface area contributed by atoms with Crippen LogP contribution in [0.1, 0.15) is 32.1 Å². The van der Waals surface area contributed by atoms with E-state index in [1.807, 2.05) is 0 Å². The molecule has 9 heteroatoms. The minimum atomic E-state index is -5.13. The molecule has 0 aliphatic heterocycles. The SMILES string of the molecule is O=S(=O)(O)C(C(F)C(F)C(F)F)C1C2CC3CC(C2)CC1(O)C3. The first kappa shape index (κ1) is 17.4. The van der Waals surface area contributed by atoms with Crippen molar-refractivity contribution in [1.29, 1.82) is 0 Å². The van der Waals surface area contributed by atoms with Crippen molar-refractivity contribution in [3.8, 4) is 0 Å². The Morgan fingerprint density at radius 1 is 0.957 bits per heavy atom. The van der Waals surface area contributed by atoms with E-state index in [2.05, 4.69) is 0 Å². The normalized spacial score (nSPS) is 43.6. The minimum absolute atomic E-state index is 0.185. The third-order valence-corrected chi connectivity index (χ3v) is 7.15. The van der Waals surface area contributed by atoms with E-state index in [1.165, 1.54) is 0 Å². The van der Waals surface area contributed by atoms with Gasteiger partial charge in [0.1, 0.15) is 5.25 Å². The van der Waals surface area contributed by atoms with Gasteiger partial charge in [-0.25, -0.2) is 17.6 Å². The summed E-state index contributed by atoms with van der Waals surface area (Å²) in [7, 11) is -5.13. The first-order valence-corrected chi connectivity index (χ1v) is 9.28. The van der Waals surface area contributed by atoms with E-state index in [0.717, 1.165) is 6.42 Å². The van der Waals surface area contributed by atoms with Crippen LogP contribution in [0.15, 0.2) is 0 Å². The molecule has 2 N–H and O–H groups in total. The second-order valence-corrected chi connectivity index (χ2v) is 9.01. The molecule has 23 heavy (non-hydrogen) atoms. The van der Waals surface area contributed by atoms with Crippen LogP contribution in [0, 0.1) is 23.7 Å². The van der Waals surface area contributed by atoms with E-state index in [4.69, 9.17) is 0 Å². The first-order valence-electron chi connectivity index (χ1n) is 7.78. The summed E-state index contributed by atoms with van der Waals surface area (Å²) in [6.45, 7) is 0. The molecule has 6 atom stereocenters. The van der Waals surface area contributed by atoms with Crippen LogP contribution in [-0.2, 0) is 10.1 Å². The number of rotatable bonds is 5. The Labute approximate surface area is 132 Å². The Hall–Kier alpha value is -0.410. The predicted octanol–water partition coefficient (Wildman–Crippen LogP) is 2.37. The molecule has 134 valence electrons. The lowest BCUT2D eigenvalue weighted by Gasteiger charge is -2.60. The Morgan fingerprint density at radius 3 is 1.87 bits per heavy atom. The fourth-order valence-corrected chi connectivity index (χ4v) is 6.80. The maximum absolute atomic E-state index is 14.3. The van der Waals surface area contributed by atoms with Gasteiger partial charge in [-0.2, -0.15) is 8.42 Å². The van der Waals surface area contributed by atoms with Gasteiger partial charge in [-0.05, 0) is 49.9 Å². The Bertz CT molecular complexity index is 555. The summed E-state index contributed by atoms with van der Waals surface area (Å²) in [5.41, 5.74) is -1.54.